The summed E-state index contributed by atoms with van der Waals surface area (Å²) < 4.78 is 24.5. The van der Waals surface area contributed by atoms with Gasteiger partial charge in [0.25, 0.3) is 5.91 Å². The maximum absolute atomic E-state index is 13.7. The Morgan fingerprint density at radius 2 is 1.75 bits per heavy atom. The van der Waals surface area contributed by atoms with Crippen LogP contribution < -0.4 is 14.4 Å². The number of halogens is 1. The van der Waals surface area contributed by atoms with E-state index in [-0.39, 0.29) is 18.3 Å². The summed E-state index contributed by atoms with van der Waals surface area (Å²) in [7, 11) is 0. The molecule has 1 aliphatic rings. The number of hydrogen-bond acceptors (Lipinski definition) is 6. The summed E-state index contributed by atoms with van der Waals surface area (Å²) in [5, 5.41) is 0. The number of carbonyl (C=O) groups is 1. The van der Waals surface area contributed by atoms with Crippen molar-refractivity contribution in [3.05, 3.63) is 66.7 Å². The molecule has 1 fully saturated rings. The minimum absolute atomic E-state index is 0.0855. The molecule has 3 aromatic rings. The van der Waals surface area contributed by atoms with Crippen LogP contribution in [0.1, 0.15) is 6.92 Å². The average molecular weight is 436 g/mol. The quantitative estimate of drug-likeness (QED) is 0.566. The molecule has 0 saturated carbocycles. The smallest absolute Gasteiger partial charge is 0.260 e. The Kier molecular flexibility index (Phi) is 6.79. The predicted octanol–water partition coefficient (Wildman–Crippen LogP) is 3.41. The van der Waals surface area contributed by atoms with Gasteiger partial charge in [0.15, 0.2) is 18.2 Å². The fourth-order valence-corrected chi connectivity index (χ4v) is 3.54. The van der Waals surface area contributed by atoms with E-state index in [0.717, 1.165) is 22.8 Å². The van der Waals surface area contributed by atoms with Gasteiger partial charge < -0.3 is 19.3 Å². The summed E-state index contributed by atoms with van der Waals surface area (Å²) in [4.78, 5) is 25.1. The highest BCUT2D eigenvalue weighted by Crippen LogP contribution is 2.24. The Bertz CT molecular complexity index is 1050. The van der Waals surface area contributed by atoms with Gasteiger partial charge in [-0.05, 0) is 43.3 Å². The fourth-order valence-electron chi connectivity index (χ4n) is 3.54. The third-order valence-electron chi connectivity index (χ3n) is 5.26. The monoisotopic (exact) mass is 436 g/mol. The second-order valence-corrected chi connectivity index (χ2v) is 7.31. The van der Waals surface area contributed by atoms with Crippen LogP contribution in [-0.4, -0.2) is 60.2 Å². The first-order valence-corrected chi connectivity index (χ1v) is 10.6. The van der Waals surface area contributed by atoms with Gasteiger partial charge in [-0.15, -0.1) is 0 Å². The van der Waals surface area contributed by atoms with Gasteiger partial charge in [0.05, 0.1) is 12.3 Å². The molecule has 4 rings (SSSR count). The molecule has 0 atom stereocenters. The number of nitrogens with zero attached hydrogens (tertiary/aromatic N) is 4. The number of ether oxygens (including phenoxy) is 2. The third kappa shape index (κ3) is 5.14. The number of rotatable bonds is 7. The molecule has 0 radical (unpaired) electrons. The van der Waals surface area contributed by atoms with Gasteiger partial charge in [0.2, 0.25) is 0 Å². The fraction of sp³-hybridized carbons (Fsp3) is 0.292. The zero-order valence-electron chi connectivity index (χ0n) is 17.9. The third-order valence-corrected chi connectivity index (χ3v) is 5.26. The zero-order valence-corrected chi connectivity index (χ0v) is 17.9. The number of carbonyl (C=O) groups excluding carboxylic acids is 1. The van der Waals surface area contributed by atoms with Crippen molar-refractivity contribution in [3.63, 3.8) is 0 Å². The number of amides is 1. The van der Waals surface area contributed by atoms with E-state index in [0.29, 0.717) is 32.8 Å². The molecule has 1 saturated heterocycles. The van der Waals surface area contributed by atoms with Gasteiger partial charge in [-0.25, -0.2) is 14.4 Å². The van der Waals surface area contributed by atoms with Gasteiger partial charge in [-0.2, -0.15) is 0 Å². The SMILES string of the molecule is CCOc1ccc(-c2cc(N3CCN(C(=O)COc4ccccc4F)CC3)ncn2)cc1. The second-order valence-electron chi connectivity index (χ2n) is 7.31. The molecule has 1 amide bonds. The van der Waals surface area contributed by atoms with Crippen molar-refractivity contribution in [2.45, 2.75) is 6.92 Å². The molecule has 0 spiro atoms. The van der Waals surface area contributed by atoms with Crippen LogP contribution in [0.3, 0.4) is 0 Å². The lowest BCUT2D eigenvalue weighted by atomic mass is 10.1. The van der Waals surface area contributed by atoms with Gasteiger partial charge in [-0.3, -0.25) is 4.79 Å². The molecule has 7 nitrogen and oxygen atoms in total. The molecule has 0 aliphatic carbocycles. The van der Waals surface area contributed by atoms with Crippen LogP contribution in [0.15, 0.2) is 60.9 Å². The molecular formula is C24H25FN4O3. The molecule has 0 bridgehead atoms. The van der Waals surface area contributed by atoms with E-state index in [2.05, 4.69) is 14.9 Å². The molecule has 2 aromatic carbocycles. The van der Waals surface area contributed by atoms with Gasteiger partial charge in [-0.1, -0.05) is 12.1 Å². The predicted molar refractivity (Wildman–Crippen MR) is 119 cm³/mol. The highest BCUT2D eigenvalue weighted by molar-refractivity contribution is 5.78. The minimum atomic E-state index is -0.475. The zero-order chi connectivity index (χ0) is 22.3. The highest BCUT2D eigenvalue weighted by atomic mass is 19.1. The number of piperazine rings is 1. The van der Waals surface area contributed by atoms with Crippen molar-refractivity contribution >= 4 is 11.7 Å². The summed E-state index contributed by atoms with van der Waals surface area (Å²) in [6.07, 6.45) is 1.56. The van der Waals surface area contributed by atoms with Crippen molar-refractivity contribution in [1.29, 1.82) is 0 Å². The van der Waals surface area contributed by atoms with Crippen molar-refractivity contribution in [1.82, 2.24) is 14.9 Å². The largest absolute Gasteiger partial charge is 0.494 e. The highest BCUT2D eigenvalue weighted by Gasteiger charge is 2.23. The van der Waals surface area contributed by atoms with Gasteiger partial charge >= 0.3 is 0 Å². The lowest BCUT2D eigenvalue weighted by Gasteiger charge is -2.35. The Hall–Kier alpha value is -3.68. The lowest BCUT2D eigenvalue weighted by Crippen LogP contribution is -2.50. The van der Waals surface area contributed by atoms with E-state index in [9.17, 15) is 9.18 Å². The van der Waals surface area contributed by atoms with E-state index in [1.54, 1.807) is 23.4 Å². The number of hydrogen-bond donors (Lipinski definition) is 0. The van der Waals surface area contributed by atoms with Crippen LogP contribution in [-0.2, 0) is 4.79 Å². The molecule has 1 aliphatic heterocycles. The average Bonchev–Trinajstić information content (AvgIpc) is 2.84. The number of aromatic nitrogens is 2. The first-order valence-electron chi connectivity index (χ1n) is 10.6. The Labute approximate surface area is 186 Å². The van der Waals surface area contributed by atoms with Crippen molar-refractivity contribution in [2.75, 3.05) is 44.3 Å². The summed E-state index contributed by atoms with van der Waals surface area (Å²) in [6, 6.07) is 15.8. The molecular weight excluding hydrogens is 411 g/mol. The maximum atomic E-state index is 13.7. The summed E-state index contributed by atoms with van der Waals surface area (Å²) in [5.41, 5.74) is 1.81. The normalized spacial score (nSPS) is 13.7. The van der Waals surface area contributed by atoms with Gasteiger partial charge in [0, 0.05) is 37.8 Å². The van der Waals surface area contributed by atoms with Crippen LogP contribution >= 0.6 is 0 Å². The first kappa shape index (κ1) is 21.5. The van der Waals surface area contributed by atoms with Crippen LogP contribution in [0.2, 0.25) is 0 Å². The molecule has 8 heteroatoms. The number of para-hydroxylation sites is 1. The standard InChI is InChI=1S/C24H25FN4O3/c1-2-31-19-9-7-18(8-10-19)21-15-23(27-17-26-21)28-11-13-29(14-12-28)24(30)16-32-22-6-4-3-5-20(22)25/h3-10,15,17H,2,11-14,16H2,1H3. The van der Waals surface area contributed by atoms with E-state index in [1.165, 1.54) is 12.1 Å². The topological polar surface area (TPSA) is 67.8 Å². The molecule has 1 aromatic heterocycles. The number of anilines is 1. The van der Waals surface area contributed by atoms with E-state index in [1.807, 2.05) is 37.3 Å². The molecule has 166 valence electrons. The minimum Gasteiger partial charge on any atom is -0.494 e. The van der Waals surface area contributed by atoms with Crippen LogP contribution in [0, 0.1) is 5.82 Å². The van der Waals surface area contributed by atoms with Crippen molar-refractivity contribution in [3.8, 4) is 22.8 Å². The van der Waals surface area contributed by atoms with E-state index >= 15 is 0 Å². The van der Waals surface area contributed by atoms with Gasteiger partial charge in [0.1, 0.15) is 17.9 Å². The molecule has 2 heterocycles. The maximum Gasteiger partial charge on any atom is 0.260 e. The summed E-state index contributed by atoms with van der Waals surface area (Å²) in [6.45, 7) is 4.77. The Morgan fingerprint density at radius 1 is 1.00 bits per heavy atom. The number of benzene rings is 2. The lowest BCUT2D eigenvalue weighted by molar-refractivity contribution is -0.133. The molecule has 32 heavy (non-hydrogen) atoms. The van der Waals surface area contributed by atoms with Crippen LogP contribution in [0.4, 0.5) is 10.2 Å². The molecule has 0 N–H and O–H groups in total. The first-order chi connectivity index (χ1) is 15.6. The second kappa shape index (κ2) is 10.1. The molecule has 0 unspecified atom stereocenters. The van der Waals surface area contributed by atoms with Crippen LogP contribution in [0.25, 0.3) is 11.3 Å². The van der Waals surface area contributed by atoms with E-state index < -0.39 is 5.82 Å². The van der Waals surface area contributed by atoms with Crippen molar-refractivity contribution in [2.24, 2.45) is 0 Å². The van der Waals surface area contributed by atoms with Crippen molar-refractivity contribution < 1.29 is 18.7 Å². The van der Waals surface area contributed by atoms with Crippen LogP contribution in [0.5, 0.6) is 11.5 Å². The Balaban J connectivity index is 1.33. The van der Waals surface area contributed by atoms with E-state index in [4.69, 9.17) is 9.47 Å². The summed E-state index contributed by atoms with van der Waals surface area (Å²) in [5.74, 6) is 1.09. The Morgan fingerprint density at radius 3 is 2.47 bits per heavy atom. The summed E-state index contributed by atoms with van der Waals surface area (Å²) >= 11 is 0.